The maximum absolute atomic E-state index is 13.8. The second-order valence-corrected chi connectivity index (χ2v) is 8.63. The molecular formula is C21H23F6N5O. The average Bonchev–Trinajstić information content (AvgIpc) is 3.20. The van der Waals surface area contributed by atoms with Crippen molar-refractivity contribution in [2.24, 2.45) is 11.8 Å². The number of fused-ring (bicyclic) bond motifs is 1. The van der Waals surface area contributed by atoms with Crippen LogP contribution >= 0.6 is 0 Å². The number of hydrogen-bond donors (Lipinski definition) is 1. The van der Waals surface area contributed by atoms with Gasteiger partial charge in [-0.1, -0.05) is 0 Å². The van der Waals surface area contributed by atoms with Gasteiger partial charge in [-0.05, 0) is 45.1 Å². The highest BCUT2D eigenvalue weighted by Crippen LogP contribution is 2.42. The van der Waals surface area contributed by atoms with Gasteiger partial charge in [0.1, 0.15) is 11.0 Å². The second kappa shape index (κ2) is 8.62. The Hall–Kier alpha value is -2.63. The molecule has 2 atom stereocenters. The van der Waals surface area contributed by atoms with Gasteiger partial charge in [-0.25, -0.2) is 0 Å². The molecule has 180 valence electrons. The molecule has 3 heterocycles. The topological polar surface area (TPSA) is 61.4 Å². The normalized spacial score (nSPS) is 23.3. The predicted octanol–water partition coefficient (Wildman–Crippen LogP) is 3.47. The van der Waals surface area contributed by atoms with Gasteiger partial charge in [0.05, 0.1) is 23.1 Å². The van der Waals surface area contributed by atoms with Crippen molar-refractivity contribution in [3.8, 4) is 0 Å². The molecule has 2 saturated heterocycles. The molecule has 1 N–H and O–H groups in total. The van der Waals surface area contributed by atoms with Crippen LogP contribution in [-0.2, 0) is 11.0 Å². The van der Waals surface area contributed by atoms with Crippen LogP contribution in [0, 0.1) is 11.8 Å². The molecule has 2 aliphatic rings. The second-order valence-electron chi connectivity index (χ2n) is 8.63. The molecule has 6 nitrogen and oxygen atoms in total. The Morgan fingerprint density at radius 1 is 1.00 bits per heavy atom. The van der Waals surface area contributed by atoms with Crippen molar-refractivity contribution in [2.45, 2.75) is 31.2 Å². The van der Waals surface area contributed by atoms with Crippen molar-refractivity contribution >= 4 is 22.6 Å². The zero-order chi connectivity index (χ0) is 24.0. The van der Waals surface area contributed by atoms with Crippen LogP contribution in [0.5, 0.6) is 0 Å². The van der Waals surface area contributed by atoms with Gasteiger partial charge in [0.2, 0.25) is 5.91 Å². The summed E-state index contributed by atoms with van der Waals surface area (Å²) in [5, 5.41) is 2.75. The molecule has 2 fully saturated rings. The number of hydrogen-bond acceptors (Lipinski definition) is 5. The predicted molar refractivity (Wildman–Crippen MR) is 108 cm³/mol. The van der Waals surface area contributed by atoms with E-state index in [1.54, 1.807) is 0 Å². The number of halogens is 6. The highest BCUT2D eigenvalue weighted by Gasteiger charge is 2.53. The van der Waals surface area contributed by atoms with Gasteiger partial charge in [-0.3, -0.25) is 14.8 Å². The first-order valence-electron chi connectivity index (χ1n) is 10.6. The zero-order valence-corrected chi connectivity index (χ0v) is 17.7. The summed E-state index contributed by atoms with van der Waals surface area (Å²) < 4.78 is 81.6. The summed E-state index contributed by atoms with van der Waals surface area (Å²) in [6.07, 6.45) is -5.75. The zero-order valence-electron chi connectivity index (χ0n) is 17.7. The lowest BCUT2D eigenvalue weighted by molar-refractivity contribution is -0.182. The Morgan fingerprint density at radius 3 is 2.24 bits per heavy atom. The lowest BCUT2D eigenvalue weighted by atomic mass is 9.93. The number of piperidine rings is 1. The van der Waals surface area contributed by atoms with E-state index in [9.17, 15) is 31.1 Å². The Labute approximate surface area is 186 Å². The average molecular weight is 475 g/mol. The number of alkyl halides is 6. The number of likely N-dealkylation sites (tertiary alicyclic amines) is 1. The van der Waals surface area contributed by atoms with E-state index in [4.69, 9.17) is 0 Å². The SMILES string of the molecule is CN1CCC(NC(=O)C2CN(c3ccc(C(F)(F)F)c4nccnc34)CC2C(F)(F)F)CC1. The highest BCUT2D eigenvalue weighted by molar-refractivity contribution is 5.91. The van der Waals surface area contributed by atoms with E-state index in [0.717, 1.165) is 31.4 Å². The minimum Gasteiger partial charge on any atom is -0.368 e. The number of carbonyl (C=O) groups excluding carboxylic acids is 1. The monoisotopic (exact) mass is 475 g/mol. The van der Waals surface area contributed by atoms with Gasteiger partial charge in [0, 0.05) is 31.5 Å². The molecule has 12 heteroatoms. The molecule has 0 radical (unpaired) electrons. The Balaban J connectivity index is 1.62. The summed E-state index contributed by atoms with van der Waals surface area (Å²) in [7, 11) is 1.93. The first-order valence-corrected chi connectivity index (χ1v) is 10.6. The van der Waals surface area contributed by atoms with Crippen LogP contribution < -0.4 is 10.2 Å². The number of nitrogens with zero attached hydrogens (tertiary/aromatic N) is 4. The van der Waals surface area contributed by atoms with Crippen LogP contribution in [-0.4, -0.2) is 66.2 Å². The molecule has 0 saturated carbocycles. The van der Waals surface area contributed by atoms with Gasteiger partial charge < -0.3 is 15.1 Å². The summed E-state index contributed by atoms with van der Waals surface area (Å²) in [5.41, 5.74) is -1.51. The third-order valence-electron chi connectivity index (χ3n) is 6.39. The standard InChI is InChI=1S/C21H23F6N5O/c1-31-8-4-12(5-9-31)30-19(33)13-10-32(11-15(13)21(25,26)27)16-3-2-14(20(22,23)24)17-18(16)29-7-6-28-17/h2-3,6-7,12-13,15H,4-5,8-11H2,1H3,(H,30,33). The van der Waals surface area contributed by atoms with Crippen molar-refractivity contribution in [1.82, 2.24) is 20.2 Å². The fraction of sp³-hybridized carbons (Fsp3) is 0.571. The quantitative estimate of drug-likeness (QED) is 0.689. The largest absolute Gasteiger partial charge is 0.418 e. The van der Waals surface area contributed by atoms with Gasteiger partial charge in [0.15, 0.2) is 0 Å². The summed E-state index contributed by atoms with van der Waals surface area (Å²) in [5.74, 6) is -4.01. The smallest absolute Gasteiger partial charge is 0.368 e. The molecule has 33 heavy (non-hydrogen) atoms. The molecule has 1 aromatic carbocycles. The van der Waals surface area contributed by atoms with E-state index in [2.05, 4.69) is 20.2 Å². The van der Waals surface area contributed by atoms with Gasteiger partial charge in [-0.2, -0.15) is 26.3 Å². The van der Waals surface area contributed by atoms with E-state index in [1.807, 2.05) is 7.05 Å². The number of rotatable bonds is 3. The van der Waals surface area contributed by atoms with Crippen LogP contribution in [0.1, 0.15) is 18.4 Å². The number of carbonyl (C=O) groups is 1. The highest BCUT2D eigenvalue weighted by atomic mass is 19.4. The van der Waals surface area contributed by atoms with Crippen LogP contribution in [0.3, 0.4) is 0 Å². The van der Waals surface area contributed by atoms with Gasteiger partial charge in [-0.15, -0.1) is 0 Å². The molecule has 0 aliphatic carbocycles. The number of aromatic nitrogens is 2. The summed E-state index contributed by atoms with van der Waals surface area (Å²) in [6, 6.07) is 1.69. The first-order chi connectivity index (χ1) is 15.4. The Bertz CT molecular complexity index is 1020. The van der Waals surface area contributed by atoms with E-state index in [1.165, 1.54) is 11.1 Å². The first kappa shape index (κ1) is 23.5. The molecule has 0 spiro atoms. The van der Waals surface area contributed by atoms with Gasteiger partial charge in [0.25, 0.3) is 0 Å². The molecule has 4 rings (SSSR count). The van der Waals surface area contributed by atoms with Crippen molar-refractivity contribution < 1.29 is 31.1 Å². The molecule has 2 aliphatic heterocycles. The van der Waals surface area contributed by atoms with Crippen molar-refractivity contribution in [3.05, 3.63) is 30.1 Å². The number of nitrogens with one attached hydrogen (secondary N) is 1. The number of anilines is 1. The van der Waals surface area contributed by atoms with E-state index in [-0.39, 0.29) is 23.8 Å². The molecule has 2 aromatic rings. The minimum absolute atomic E-state index is 0.0925. The summed E-state index contributed by atoms with van der Waals surface area (Å²) >= 11 is 0. The third-order valence-corrected chi connectivity index (χ3v) is 6.39. The molecule has 1 amide bonds. The summed E-state index contributed by atoms with van der Waals surface area (Å²) in [6.45, 7) is 0.646. The third kappa shape index (κ3) is 4.85. The van der Waals surface area contributed by atoms with E-state index in [0.29, 0.717) is 12.8 Å². The lowest BCUT2D eigenvalue weighted by Crippen LogP contribution is -2.48. The van der Waals surface area contributed by atoms with E-state index >= 15 is 0 Å². The number of benzene rings is 1. The van der Waals surface area contributed by atoms with Crippen LogP contribution in [0.25, 0.3) is 11.0 Å². The van der Waals surface area contributed by atoms with Crippen molar-refractivity contribution in [2.75, 3.05) is 38.1 Å². The summed E-state index contributed by atoms with van der Waals surface area (Å²) in [4.78, 5) is 24.0. The van der Waals surface area contributed by atoms with Gasteiger partial charge >= 0.3 is 12.4 Å². The van der Waals surface area contributed by atoms with Crippen LogP contribution in [0.15, 0.2) is 24.5 Å². The fourth-order valence-corrected chi connectivity index (χ4v) is 4.59. The molecular weight excluding hydrogens is 452 g/mol. The Kier molecular flexibility index (Phi) is 6.14. The maximum atomic E-state index is 13.8. The van der Waals surface area contributed by atoms with Crippen LogP contribution in [0.4, 0.5) is 32.0 Å². The molecule has 2 unspecified atom stereocenters. The van der Waals surface area contributed by atoms with E-state index < -0.39 is 47.7 Å². The lowest BCUT2D eigenvalue weighted by Gasteiger charge is -2.31. The van der Waals surface area contributed by atoms with Crippen molar-refractivity contribution in [3.63, 3.8) is 0 Å². The Morgan fingerprint density at radius 2 is 1.64 bits per heavy atom. The minimum atomic E-state index is -4.69. The van der Waals surface area contributed by atoms with Crippen molar-refractivity contribution in [1.29, 1.82) is 0 Å². The molecule has 0 bridgehead atoms. The maximum Gasteiger partial charge on any atom is 0.418 e. The molecule has 1 aromatic heterocycles. The number of amides is 1. The van der Waals surface area contributed by atoms with Crippen LogP contribution in [0.2, 0.25) is 0 Å². The fourth-order valence-electron chi connectivity index (χ4n) is 4.59.